The van der Waals surface area contributed by atoms with Crippen LogP contribution in [0.2, 0.25) is 0 Å². The molecule has 2 aliphatic rings. The topological polar surface area (TPSA) is 57.8 Å². The summed E-state index contributed by atoms with van der Waals surface area (Å²) in [4.78, 5) is 19.2. The van der Waals surface area contributed by atoms with Gasteiger partial charge in [0, 0.05) is 5.22 Å². The lowest BCUT2D eigenvalue weighted by molar-refractivity contribution is 0.752. The van der Waals surface area contributed by atoms with Gasteiger partial charge < -0.3 is 10.3 Å². The van der Waals surface area contributed by atoms with Crippen molar-refractivity contribution in [1.82, 2.24) is 9.97 Å². The van der Waals surface area contributed by atoms with Crippen LogP contribution in [0.15, 0.2) is 41.2 Å². The molecule has 0 aliphatic heterocycles. The van der Waals surface area contributed by atoms with E-state index < -0.39 is 0 Å². The molecule has 2 N–H and O–H groups in total. The predicted octanol–water partition coefficient (Wildman–Crippen LogP) is 2.17. The Labute approximate surface area is 140 Å². The van der Waals surface area contributed by atoms with Crippen LogP contribution in [0.4, 0.5) is 5.82 Å². The number of anilines is 1. The van der Waals surface area contributed by atoms with E-state index >= 15 is 0 Å². The Kier molecular flexibility index (Phi) is 3.81. The number of aryl methyl sites for hydroxylation is 1. The van der Waals surface area contributed by atoms with Crippen molar-refractivity contribution < 1.29 is 0 Å². The molecule has 122 valence electrons. The SMILES string of the molecule is CC1=c2[nH]c(=O)nc(NC3CCc4ccccc43)c2=CC=CCC1. The maximum atomic E-state index is 12.1. The fourth-order valence-electron chi connectivity index (χ4n) is 3.65. The second kappa shape index (κ2) is 6.11. The van der Waals surface area contributed by atoms with E-state index in [1.807, 2.05) is 6.08 Å². The van der Waals surface area contributed by atoms with Crippen molar-refractivity contribution in [2.75, 3.05) is 5.32 Å². The van der Waals surface area contributed by atoms with E-state index in [1.165, 1.54) is 16.7 Å². The number of hydrogen-bond acceptors (Lipinski definition) is 3. The van der Waals surface area contributed by atoms with Crippen molar-refractivity contribution in [2.24, 2.45) is 0 Å². The number of nitrogens with zero attached hydrogens (tertiary/aromatic N) is 1. The molecular weight excluding hydrogens is 298 g/mol. The van der Waals surface area contributed by atoms with Crippen LogP contribution in [-0.4, -0.2) is 9.97 Å². The van der Waals surface area contributed by atoms with Gasteiger partial charge in [-0.05, 0) is 55.4 Å². The van der Waals surface area contributed by atoms with Crippen LogP contribution in [0.5, 0.6) is 0 Å². The Balaban J connectivity index is 1.84. The molecule has 0 saturated heterocycles. The molecule has 1 unspecified atom stereocenters. The number of aromatic amines is 1. The van der Waals surface area contributed by atoms with Crippen molar-refractivity contribution in [3.05, 3.63) is 68.6 Å². The first-order chi connectivity index (χ1) is 11.7. The number of H-pyrrole nitrogens is 1. The van der Waals surface area contributed by atoms with Crippen LogP contribution in [0, 0.1) is 0 Å². The Morgan fingerprint density at radius 3 is 3.04 bits per heavy atom. The zero-order valence-corrected chi connectivity index (χ0v) is 13.8. The lowest BCUT2D eigenvalue weighted by Gasteiger charge is -2.15. The average molecular weight is 319 g/mol. The first-order valence-electron chi connectivity index (χ1n) is 8.53. The van der Waals surface area contributed by atoms with Gasteiger partial charge in [-0.25, -0.2) is 4.79 Å². The second-order valence-corrected chi connectivity index (χ2v) is 6.53. The van der Waals surface area contributed by atoms with E-state index in [2.05, 4.69) is 58.6 Å². The molecule has 0 amide bonds. The Morgan fingerprint density at radius 1 is 1.25 bits per heavy atom. The summed E-state index contributed by atoms with van der Waals surface area (Å²) in [6.45, 7) is 2.08. The average Bonchev–Trinajstić information content (AvgIpc) is 2.97. The largest absolute Gasteiger partial charge is 0.363 e. The third-order valence-electron chi connectivity index (χ3n) is 4.93. The zero-order valence-electron chi connectivity index (χ0n) is 13.8. The van der Waals surface area contributed by atoms with Crippen LogP contribution >= 0.6 is 0 Å². The quantitative estimate of drug-likeness (QED) is 0.892. The number of allylic oxidation sites excluding steroid dienone is 2. The minimum atomic E-state index is -0.292. The van der Waals surface area contributed by atoms with Gasteiger partial charge in [-0.15, -0.1) is 0 Å². The summed E-state index contributed by atoms with van der Waals surface area (Å²) in [7, 11) is 0. The van der Waals surface area contributed by atoms with Crippen molar-refractivity contribution >= 4 is 17.5 Å². The summed E-state index contributed by atoms with van der Waals surface area (Å²) < 4.78 is 0. The van der Waals surface area contributed by atoms with Crippen molar-refractivity contribution in [2.45, 2.75) is 38.6 Å². The lowest BCUT2D eigenvalue weighted by atomic mass is 10.1. The summed E-state index contributed by atoms with van der Waals surface area (Å²) >= 11 is 0. The van der Waals surface area contributed by atoms with E-state index in [4.69, 9.17) is 0 Å². The predicted molar refractivity (Wildman–Crippen MR) is 97.2 cm³/mol. The fraction of sp³-hybridized carbons (Fsp3) is 0.300. The third-order valence-corrected chi connectivity index (χ3v) is 4.93. The van der Waals surface area contributed by atoms with Gasteiger partial charge >= 0.3 is 5.69 Å². The summed E-state index contributed by atoms with van der Waals surface area (Å²) in [6.07, 6.45) is 10.3. The smallest absolute Gasteiger partial charge is 0.347 e. The first kappa shape index (κ1) is 14.9. The monoisotopic (exact) mass is 319 g/mol. The maximum Gasteiger partial charge on any atom is 0.347 e. The van der Waals surface area contributed by atoms with Crippen molar-refractivity contribution in [3.8, 4) is 0 Å². The number of aromatic nitrogens is 2. The van der Waals surface area contributed by atoms with Crippen LogP contribution < -0.4 is 21.6 Å². The van der Waals surface area contributed by atoms with E-state index in [1.54, 1.807) is 0 Å². The lowest BCUT2D eigenvalue weighted by Crippen LogP contribution is -2.40. The second-order valence-electron chi connectivity index (χ2n) is 6.53. The number of fused-ring (bicyclic) bond motifs is 2. The molecule has 0 bridgehead atoms. The molecule has 1 heterocycles. The van der Waals surface area contributed by atoms with E-state index in [-0.39, 0.29) is 11.7 Å². The number of benzene rings is 1. The highest BCUT2D eigenvalue weighted by molar-refractivity contribution is 5.54. The highest BCUT2D eigenvalue weighted by Gasteiger charge is 2.22. The molecule has 1 aromatic heterocycles. The van der Waals surface area contributed by atoms with Crippen LogP contribution in [0.25, 0.3) is 11.6 Å². The standard InChI is InChI=1S/C20H21N3O/c1-13-7-3-2-4-10-16-18(13)22-20(24)23-19(16)21-17-12-11-14-8-5-6-9-15(14)17/h2,4-6,8-10,17H,3,7,11-12H2,1H3,(H2,21,22,23,24). The third kappa shape index (κ3) is 2.68. The van der Waals surface area contributed by atoms with Crippen LogP contribution in [0.3, 0.4) is 0 Å². The number of nitrogens with one attached hydrogen (secondary N) is 2. The molecule has 4 rings (SSSR count). The van der Waals surface area contributed by atoms with Gasteiger partial charge in [0.05, 0.1) is 11.4 Å². The molecule has 24 heavy (non-hydrogen) atoms. The maximum absolute atomic E-state index is 12.1. The Morgan fingerprint density at radius 2 is 2.12 bits per heavy atom. The Bertz CT molecular complexity index is 985. The molecule has 0 saturated carbocycles. The normalized spacial score (nSPS) is 19.0. The summed E-state index contributed by atoms with van der Waals surface area (Å²) in [5.74, 6) is 0.682. The van der Waals surface area contributed by atoms with Crippen LogP contribution in [-0.2, 0) is 6.42 Å². The summed E-state index contributed by atoms with van der Waals surface area (Å²) in [6, 6.07) is 8.71. The minimum Gasteiger partial charge on any atom is -0.363 e. The number of rotatable bonds is 2. The van der Waals surface area contributed by atoms with Gasteiger partial charge in [-0.2, -0.15) is 4.98 Å². The van der Waals surface area contributed by atoms with Gasteiger partial charge in [-0.3, -0.25) is 0 Å². The molecule has 2 aliphatic carbocycles. The highest BCUT2D eigenvalue weighted by atomic mass is 16.1. The fourth-order valence-corrected chi connectivity index (χ4v) is 3.65. The molecule has 4 heteroatoms. The number of hydrogen-bond donors (Lipinski definition) is 2. The van der Waals surface area contributed by atoms with Gasteiger partial charge in [0.1, 0.15) is 5.82 Å². The molecule has 0 fully saturated rings. The van der Waals surface area contributed by atoms with Crippen molar-refractivity contribution in [1.29, 1.82) is 0 Å². The molecule has 1 atom stereocenters. The molecule has 1 aromatic carbocycles. The highest BCUT2D eigenvalue weighted by Crippen LogP contribution is 2.32. The first-order valence-corrected chi connectivity index (χ1v) is 8.53. The van der Waals surface area contributed by atoms with Gasteiger partial charge in [0.2, 0.25) is 0 Å². The molecular formula is C20H21N3O. The van der Waals surface area contributed by atoms with Gasteiger partial charge in [-0.1, -0.05) is 36.4 Å². The molecule has 0 spiro atoms. The zero-order chi connectivity index (χ0) is 16.5. The van der Waals surface area contributed by atoms with Crippen LogP contribution in [0.1, 0.15) is 43.4 Å². The van der Waals surface area contributed by atoms with Crippen molar-refractivity contribution in [3.63, 3.8) is 0 Å². The van der Waals surface area contributed by atoms with E-state index in [9.17, 15) is 4.79 Å². The summed E-state index contributed by atoms with van der Waals surface area (Å²) in [5, 5.41) is 5.41. The van der Waals surface area contributed by atoms with E-state index in [0.29, 0.717) is 5.82 Å². The summed E-state index contributed by atoms with van der Waals surface area (Å²) in [5.41, 5.74) is 3.60. The molecule has 4 nitrogen and oxygen atoms in total. The Hall–Kier alpha value is -2.62. The molecule has 2 aromatic rings. The van der Waals surface area contributed by atoms with Gasteiger partial charge in [0.25, 0.3) is 0 Å². The molecule has 0 radical (unpaired) electrons. The van der Waals surface area contributed by atoms with E-state index in [0.717, 1.165) is 36.3 Å². The minimum absolute atomic E-state index is 0.211. The van der Waals surface area contributed by atoms with Gasteiger partial charge in [0.15, 0.2) is 0 Å².